The average Bonchev–Trinajstić information content (AvgIpc) is 2.75. The minimum Gasteiger partial charge on any atom is -0.330 e. The molecule has 2 heterocycles. The SMILES string of the molecule is Cc1nsc(NC(=O)N2CCCC(CN)C2)n1. The van der Waals surface area contributed by atoms with Gasteiger partial charge in [0.25, 0.3) is 0 Å². The van der Waals surface area contributed by atoms with Crippen LogP contribution in [0.3, 0.4) is 0 Å². The monoisotopic (exact) mass is 255 g/mol. The zero-order chi connectivity index (χ0) is 12.3. The Morgan fingerprint density at radius 2 is 2.53 bits per heavy atom. The lowest BCUT2D eigenvalue weighted by atomic mass is 9.99. The Hall–Kier alpha value is -1.21. The predicted octanol–water partition coefficient (Wildman–Crippen LogP) is 1.05. The number of hydrogen-bond donors (Lipinski definition) is 2. The van der Waals surface area contributed by atoms with Crippen LogP contribution in [0.2, 0.25) is 0 Å². The molecule has 0 spiro atoms. The number of carbonyl (C=O) groups is 1. The molecule has 3 N–H and O–H groups in total. The van der Waals surface area contributed by atoms with Gasteiger partial charge in [0.1, 0.15) is 5.82 Å². The van der Waals surface area contributed by atoms with Gasteiger partial charge in [0.05, 0.1) is 0 Å². The second-order valence-electron chi connectivity index (χ2n) is 4.27. The Morgan fingerprint density at radius 1 is 1.71 bits per heavy atom. The van der Waals surface area contributed by atoms with E-state index in [0.29, 0.717) is 23.4 Å². The van der Waals surface area contributed by atoms with E-state index in [9.17, 15) is 4.79 Å². The first kappa shape index (κ1) is 12.3. The van der Waals surface area contributed by atoms with Crippen LogP contribution in [0.4, 0.5) is 9.93 Å². The van der Waals surface area contributed by atoms with Crippen LogP contribution < -0.4 is 11.1 Å². The van der Waals surface area contributed by atoms with E-state index in [-0.39, 0.29) is 6.03 Å². The summed E-state index contributed by atoms with van der Waals surface area (Å²) in [5.74, 6) is 1.11. The van der Waals surface area contributed by atoms with Gasteiger partial charge < -0.3 is 10.6 Å². The van der Waals surface area contributed by atoms with Crippen molar-refractivity contribution in [2.24, 2.45) is 11.7 Å². The van der Waals surface area contributed by atoms with Crippen LogP contribution in [0.15, 0.2) is 0 Å². The number of amides is 2. The lowest BCUT2D eigenvalue weighted by Gasteiger charge is -2.31. The molecule has 1 atom stereocenters. The molecule has 0 aliphatic carbocycles. The van der Waals surface area contributed by atoms with E-state index in [0.717, 1.165) is 25.9 Å². The van der Waals surface area contributed by atoms with Gasteiger partial charge in [0.15, 0.2) is 0 Å². The fourth-order valence-corrected chi connectivity index (χ4v) is 2.53. The number of aromatic nitrogens is 2. The summed E-state index contributed by atoms with van der Waals surface area (Å²) in [5.41, 5.74) is 5.64. The van der Waals surface area contributed by atoms with E-state index >= 15 is 0 Å². The first-order chi connectivity index (χ1) is 8.19. The summed E-state index contributed by atoms with van der Waals surface area (Å²) in [6.45, 7) is 3.97. The molecular formula is C10H17N5OS. The Morgan fingerprint density at radius 3 is 3.18 bits per heavy atom. The predicted molar refractivity (Wildman–Crippen MR) is 67.0 cm³/mol. The highest BCUT2D eigenvalue weighted by Crippen LogP contribution is 2.17. The lowest BCUT2D eigenvalue weighted by Crippen LogP contribution is -2.44. The van der Waals surface area contributed by atoms with Crippen molar-refractivity contribution in [3.05, 3.63) is 5.82 Å². The number of nitrogens with two attached hydrogens (primary N) is 1. The molecule has 2 rings (SSSR count). The Labute approximate surface area is 104 Å². The van der Waals surface area contributed by atoms with E-state index in [1.807, 2.05) is 0 Å². The summed E-state index contributed by atoms with van der Waals surface area (Å²) in [6.07, 6.45) is 2.13. The van der Waals surface area contributed by atoms with Crippen LogP contribution >= 0.6 is 11.5 Å². The Balaban J connectivity index is 1.91. The normalized spacial score (nSPS) is 20.4. The first-order valence-electron chi connectivity index (χ1n) is 5.75. The lowest BCUT2D eigenvalue weighted by molar-refractivity contribution is 0.179. The fourth-order valence-electron chi connectivity index (χ4n) is 1.96. The molecule has 0 bridgehead atoms. The second kappa shape index (κ2) is 5.42. The molecule has 1 aliphatic heterocycles. The van der Waals surface area contributed by atoms with E-state index in [1.54, 1.807) is 11.8 Å². The molecule has 0 aromatic carbocycles. The van der Waals surface area contributed by atoms with Gasteiger partial charge >= 0.3 is 6.03 Å². The second-order valence-corrected chi connectivity index (χ2v) is 5.02. The van der Waals surface area contributed by atoms with Crippen molar-refractivity contribution in [3.63, 3.8) is 0 Å². The Kier molecular flexibility index (Phi) is 3.90. The van der Waals surface area contributed by atoms with E-state index in [4.69, 9.17) is 5.73 Å². The number of urea groups is 1. The average molecular weight is 255 g/mol. The summed E-state index contributed by atoms with van der Waals surface area (Å²) in [7, 11) is 0. The zero-order valence-corrected chi connectivity index (χ0v) is 10.7. The quantitative estimate of drug-likeness (QED) is 0.827. The minimum absolute atomic E-state index is 0.0979. The van der Waals surface area contributed by atoms with Crippen LogP contribution in [0.1, 0.15) is 18.7 Å². The van der Waals surface area contributed by atoms with Crippen molar-refractivity contribution >= 4 is 22.7 Å². The van der Waals surface area contributed by atoms with Gasteiger partial charge in [-0.3, -0.25) is 5.32 Å². The van der Waals surface area contributed by atoms with Crippen LogP contribution in [0.25, 0.3) is 0 Å². The molecule has 0 saturated carbocycles. The third-order valence-electron chi connectivity index (χ3n) is 2.88. The summed E-state index contributed by atoms with van der Waals surface area (Å²) < 4.78 is 4.02. The molecule has 0 radical (unpaired) electrons. The van der Waals surface area contributed by atoms with Gasteiger partial charge in [-0.25, -0.2) is 9.78 Å². The summed E-state index contributed by atoms with van der Waals surface area (Å²) in [4.78, 5) is 17.9. The number of carbonyl (C=O) groups excluding carboxylic acids is 1. The summed E-state index contributed by atoms with van der Waals surface area (Å²) in [6, 6.07) is -0.0979. The van der Waals surface area contributed by atoms with Gasteiger partial charge in [-0.15, -0.1) is 0 Å². The molecule has 1 saturated heterocycles. The molecule has 2 amide bonds. The minimum atomic E-state index is -0.0979. The largest absolute Gasteiger partial charge is 0.330 e. The summed E-state index contributed by atoms with van der Waals surface area (Å²) in [5, 5.41) is 3.33. The molecule has 1 aromatic rings. The zero-order valence-electron chi connectivity index (χ0n) is 9.85. The molecular weight excluding hydrogens is 238 g/mol. The molecule has 1 fully saturated rings. The maximum atomic E-state index is 12.0. The van der Waals surface area contributed by atoms with Crippen molar-refractivity contribution in [1.29, 1.82) is 0 Å². The number of rotatable bonds is 2. The van der Waals surface area contributed by atoms with Gasteiger partial charge in [0, 0.05) is 24.6 Å². The van der Waals surface area contributed by atoms with Crippen LogP contribution in [0.5, 0.6) is 0 Å². The molecule has 7 heteroatoms. The molecule has 6 nitrogen and oxygen atoms in total. The van der Waals surface area contributed by atoms with Crippen LogP contribution in [-0.2, 0) is 0 Å². The smallest absolute Gasteiger partial charge is 0.323 e. The van der Waals surface area contributed by atoms with Crippen molar-refractivity contribution < 1.29 is 4.79 Å². The highest BCUT2D eigenvalue weighted by molar-refractivity contribution is 7.09. The number of nitrogens with zero attached hydrogens (tertiary/aromatic N) is 3. The topological polar surface area (TPSA) is 84.1 Å². The number of nitrogens with one attached hydrogen (secondary N) is 1. The third kappa shape index (κ3) is 3.13. The number of hydrogen-bond acceptors (Lipinski definition) is 5. The van der Waals surface area contributed by atoms with Gasteiger partial charge in [0.2, 0.25) is 5.13 Å². The number of likely N-dealkylation sites (tertiary alicyclic amines) is 1. The highest BCUT2D eigenvalue weighted by Gasteiger charge is 2.23. The maximum absolute atomic E-state index is 12.0. The first-order valence-corrected chi connectivity index (χ1v) is 6.52. The van der Waals surface area contributed by atoms with Gasteiger partial charge in [-0.2, -0.15) is 4.37 Å². The third-order valence-corrected chi connectivity index (χ3v) is 3.60. The number of anilines is 1. The number of aryl methyl sites for hydroxylation is 1. The summed E-state index contributed by atoms with van der Waals surface area (Å²) >= 11 is 1.20. The maximum Gasteiger partial charge on any atom is 0.323 e. The standard InChI is InChI=1S/C10H17N5OS/c1-7-12-9(17-14-7)13-10(16)15-4-2-3-8(5-11)6-15/h8H,2-6,11H2,1H3,(H,12,13,14,16). The highest BCUT2D eigenvalue weighted by atomic mass is 32.1. The molecule has 17 heavy (non-hydrogen) atoms. The van der Waals surface area contributed by atoms with Crippen LogP contribution in [0, 0.1) is 12.8 Å². The van der Waals surface area contributed by atoms with Gasteiger partial charge in [-0.05, 0) is 32.2 Å². The van der Waals surface area contributed by atoms with Crippen molar-refractivity contribution in [2.45, 2.75) is 19.8 Å². The molecule has 1 aliphatic rings. The fraction of sp³-hybridized carbons (Fsp3) is 0.700. The Bertz CT molecular complexity index is 394. The number of piperidine rings is 1. The van der Waals surface area contributed by atoms with E-state index < -0.39 is 0 Å². The van der Waals surface area contributed by atoms with Crippen molar-refractivity contribution in [2.75, 3.05) is 25.0 Å². The van der Waals surface area contributed by atoms with E-state index in [1.165, 1.54) is 11.5 Å². The molecule has 94 valence electrons. The van der Waals surface area contributed by atoms with E-state index in [2.05, 4.69) is 14.7 Å². The van der Waals surface area contributed by atoms with Crippen LogP contribution in [-0.4, -0.2) is 39.9 Å². The van der Waals surface area contributed by atoms with Crippen molar-refractivity contribution in [3.8, 4) is 0 Å². The van der Waals surface area contributed by atoms with Crippen molar-refractivity contribution in [1.82, 2.24) is 14.3 Å². The molecule has 1 aromatic heterocycles. The molecule has 1 unspecified atom stereocenters. The van der Waals surface area contributed by atoms with Gasteiger partial charge in [-0.1, -0.05) is 0 Å².